The van der Waals surface area contributed by atoms with Gasteiger partial charge in [-0.15, -0.1) is 0 Å². The molecule has 1 amide bonds. The Balaban J connectivity index is 1.53. The zero-order chi connectivity index (χ0) is 22.0. The number of benzene rings is 2. The van der Waals surface area contributed by atoms with Crippen LogP contribution < -0.4 is 15.6 Å². The molecule has 158 valence electrons. The zero-order valence-electron chi connectivity index (χ0n) is 16.9. The van der Waals surface area contributed by atoms with E-state index in [-0.39, 0.29) is 24.6 Å². The number of carbonyl (C=O) groups excluding carboxylic acids is 2. The number of pyridine rings is 1. The third kappa shape index (κ3) is 4.41. The number of aryl methyl sites for hydroxylation is 1. The number of hydrogen-bond acceptors (Lipinski definition) is 7. The van der Waals surface area contributed by atoms with Crippen LogP contribution in [0.1, 0.15) is 5.56 Å². The van der Waals surface area contributed by atoms with Crippen LogP contribution in [0.25, 0.3) is 21.0 Å². The molecule has 9 heteroatoms. The van der Waals surface area contributed by atoms with E-state index in [9.17, 15) is 14.4 Å². The number of methoxy groups -OCH3 is 1. The molecule has 2 aromatic heterocycles. The number of anilines is 1. The molecule has 8 nitrogen and oxygen atoms in total. The number of ether oxygens (including phenoxy) is 2. The van der Waals surface area contributed by atoms with Crippen molar-refractivity contribution in [3.63, 3.8) is 0 Å². The van der Waals surface area contributed by atoms with Crippen LogP contribution in [0.3, 0.4) is 0 Å². The highest BCUT2D eigenvalue weighted by Gasteiger charge is 2.13. The van der Waals surface area contributed by atoms with Gasteiger partial charge in [0.15, 0.2) is 11.7 Å². The summed E-state index contributed by atoms with van der Waals surface area (Å²) in [6.45, 7) is 1.58. The fraction of sp³-hybridized carbons (Fsp3) is 0.182. The van der Waals surface area contributed by atoms with E-state index in [1.165, 1.54) is 29.2 Å². The first-order valence-corrected chi connectivity index (χ1v) is 10.2. The maximum Gasteiger partial charge on any atom is 0.343 e. The summed E-state index contributed by atoms with van der Waals surface area (Å²) in [5.74, 6) is -0.483. The molecule has 2 aromatic carbocycles. The Kier molecular flexibility index (Phi) is 5.68. The van der Waals surface area contributed by atoms with Crippen molar-refractivity contribution in [3.8, 4) is 5.75 Å². The highest BCUT2D eigenvalue weighted by atomic mass is 32.1. The predicted octanol–water partition coefficient (Wildman–Crippen LogP) is 3.11. The molecule has 0 aliphatic rings. The molecule has 2 heterocycles. The Hall–Kier alpha value is -3.72. The molecule has 4 rings (SSSR count). The molecule has 0 fully saturated rings. The number of nitrogens with one attached hydrogen (secondary N) is 1. The number of aromatic nitrogens is 2. The summed E-state index contributed by atoms with van der Waals surface area (Å²) >= 11 is 1.38. The van der Waals surface area contributed by atoms with Crippen molar-refractivity contribution in [1.29, 1.82) is 0 Å². The van der Waals surface area contributed by atoms with Crippen LogP contribution in [0.4, 0.5) is 5.13 Å². The van der Waals surface area contributed by atoms with E-state index in [2.05, 4.69) is 15.0 Å². The lowest BCUT2D eigenvalue weighted by molar-refractivity contribution is -0.142. The Morgan fingerprint density at radius 3 is 2.81 bits per heavy atom. The largest absolute Gasteiger partial charge is 0.481 e. The third-order valence-electron chi connectivity index (χ3n) is 4.66. The molecule has 31 heavy (non-hydrogen) atoms. The van der Waals surface area contributed by atoms with Gasteiger partial charge in [-0.25, -0.2) is 9.78 Å². The zero-order valence-corrected chi connectivity index (χ0v) is 17.7. The second kappa shape index (κ2) is 8.57. The van der Waals surface area contributed by atoms with E-state index >= 15 is 0 Å². The van der Waals surface area contributed by atoms with Crippen molar-refractivity contribution in [2.75, 3.05) is 19.0 Å². The minimum absolute atomic E-state index is 0.156. The number of nitrogens with zero attached hydrogens (tertiary/aromatic N) is 2. The average Bonchev–Trinajstić information content (AvgIpc) is 3.15. The second-order valence-electron chi connectivity index (χ2n) is 6.87. The van der Waals surface area contributed by atoms with Gasteiger partial charge in [-0.05, 0) is 42.8 Å². The molecular formula is C22H19N3O5S. The van der Waals surface area contributed by atoms with Crippen molar-refractivity contribution >= 4 is 49.3 Å². The Morgan fingerprint density at radius 1 is 1.16 bits per heavy atom. The number of rotatable bonds is 6. The fourth-order valence-electron chi connectivity index (χ4n) is 3.13. The van der Waals surface area contributed by atoms with E-state index in [0.717, 1.165) is 15.8 Å². The molecular weight excluding hydrogens is 418 g/mol. The lowest BCUT2D eigenvalue weighted by Gasteiger charge is -2.10. The number of thiazole rings is 1. The van der Waals surface area contributed by atoms with Crippen molar-refractivity contribution in [2.45, 2.75) is 13.5 Å². The highest BCUT2D eigenvalue weighted by molar-refractivity contribution is 7.22. The van der Waals surface area contributed by atoms with Gasteiger partial charge in [0.25, 0.3) is 5.56 Å². The van der Waals surface area contributed by atoms with Crippen molar-refractivity contribution < 1.29 is 19.1 Å². The summed E-state index contributed by atoms with van der Waals surface area (Å²) in [7, 11) is 1.27. The number of fused-ring (bicyclic) bond motifs is 2. The van der Waals surface area contributed by atoms with Gasteiger partial charge in [-0.1, -0.05) is 23.5 Å². The third-order valence-corrected chi connectivity index (χ3v) is 5.59. The predicted molar refractivity (Wildman–Crippen MR) is 119 cm³/mol. The first kappa shape index (κ1) is 20.5. The molecule has 0 radical (unpaired) electrons. The summed E-state index contributed by atoms with van der Waals surface area (Å²) in [5, 5.41) is 4.18. The van der Waals surface area contributed by atoms with Gasteiger partial charge in [-0.2, -0.15) is 0 Å². The van der Waals surface area contributed by atoms with Crippen LogP contribution in [0, 0.1) is 6.92 Å². The first-order valence-electron chi connectivity index (χ1n) is 9.43. The molecule has 4 aromatic rings. The van der Waals surface area contributed by atoms with Gasteiger partial charge in [0.2, 0.25) is 5.91 Å². The van der Waals surface area contributed by atoms with Crippen LogP contribution >= 0.6 is 11.3 Å². The average molecular weight is 437 g/mol. The Labute approximate surface area is 181 Å². The summed E-state index contributed by atoms with van der Waals surface area (Å²) in [6, 6.07) is 12.5. The molecule has 0 atom stereocenters. The maximum absolute atomic E-state index is 12.9. The maximum atomic E-state index is 12.9. The highest BCUT2D eigenvalue weighted by Crippen LogP contribution is 2.27. The smallest absolute Gasteiger partial charge is 0.343 e. The van der Waals surface area contributed by atoms with E-state index in [1.54, 1.807) is 24.3 Å². The molecule has 0 aliphatic heterocycles. The van der Waals surface area contributed by atoms with E-state index in [1.807, 2.05) is 25.1 Å². The van der Waals surface area contributed by atoms with Crippen molar-refractivity contribution in [2.24, 2.45) is 0 Å². The van der Waals surface area contributed by atoms with Gasteiger partial charge in [0.1, 0.15) is 12.3 Å². The molecule has 0 bridgehead atoms. The fourth-order valence-corrected chi connectivity index (χ4v) is 4.11. The summed E-state index contributed by atoms with van der Waals surface area (Å²) in [6.07, 6.45) is 1.52. The number of carbonyl (C=O) groups is 2. The summed E-state index contributed by atoms with van der Waals surface area (Å²) in [4.78, 5) is 41.1. The quantitative estimate of drug-likeness (QED) is 0.466. The first-order chi connectivity index (χ1) is 14.9. The topological polar surface area (TPSA) is 99.5 Å². The monoisotopic (exact) mass is 437 g/mol. The van der Waals surface area contributed by atoms with Crippen LogP contribution in [0.15, 0.2) is 53.5 Å². The van der Waals surface area contributed by atoms with Crippen LogP contribution in [-0.4, -0.2) is 35.1 Å². The number of hydrogen-bond donors (Lipinski definition) is 1. The van der Waals surface area contributed by atoms with Gasteiger partial charge >= 0.3 is 5.97 Å². The standard InChI is InChI=1S/C22H19N3O5S/c1-13-6-7-16-18(10-13)31-22(23-16)24-19(26)11-25-9-8-14-15(21(25)28)4-3-5-17(14)30-12-20(27)29-2/h3-10H,11-12H2,1-2H3,(H,23,24,26). The Morgan fingerprint density at radius 2 is 2.00 bits per heavy atom. The number of amides is 1. The van der Waals surface area contributed by atoms with E-state index in [4.69, 9.17) is 4.74 Å². The molecule has 0 spiro atoms. The SMILES string of the molecule is COC(=O)COc1cccc2c(=O)n(CC(=O)Nc3nc4ccc(C)cc4s3)ccc12. The normalized spacial score (nSPS) is 10.9. The minimum atomic E-state index is -0.521. The van der Waals surface area contributed by atoms with Gasteiger partial charge in [0.05, 0.1) is 22.7 Å². The molecule has 0 unspecified atom stereocenters. The second-order valence-corrected chi connectivity index (χ2v) is 7.90. The Bertz CT molecular complexity index is 1360. The van der Waals surface area contributed by atoms with Gasteiger partial charge in [-0.3, -0.25) is 9.59 Å². The molecule has 1 N–H and O–H groups in total. The van der Waals surface area contributed by atoms with Crippen molar-refractivity contribution in [1.82, 2.24) is 9.55 Å². The van der Waals surface area contributed by atoms with Crippen LogP contribution in [0.5, 0.6) is 5.75 Å². The molecule has 0 saturated carbocycles. The van der Waals surface area contributed by atoms with Crippen LogP contribution in [-0.2, 0) is 20.9 Å². The van der Waals surface area contributed by atoms with E-state index in [0.29, 0.717) is 21.7 Å². The lowest BCUT2D eigenvalue weighted by Crippen LogP contribution is -2.27. The summed E-state index contributed by atoms with van der Waals surface area (Å²) < 4.78 is 12.3. The van der Waals surface area contributed by atoms with Crippen LogP contribution in [0.2, 0.25) is 0 Å². The summed E-state index contributed by atoms with van der Waals surface area (Å²) in [5.41, 5.74) is 1.59. The lowest BCUT2D eigenvalue weighted by atomic mass is 10.1. The van der Waals surface area contributed by atoms with Gasteiger partial charge < -0.3 is 19.4 Å². The molecule has 0 aliphatic carbocycles. The molecule has 0 saturated heterocycles. The number of esters is 1. The van der Waals surface area contributed by atoms with E-state index < -0.39 is 5.97 Å². The van der Waals surface area contributed by atoms with Gasteiger partial charge in [0, 0.05) is 11.6 Å². The van der Waals surface area contributed by atoms with Crippen molar-refractivity contribution in [3.05, 3.63) is 64.6 Å². The minimum Gasteiger partial charge on any atom is -0.481 e.